The molecule has 2 aromatic rings. The number of hydrogen-bond donors (Lipinski definition) is 2. The van der Waals surface area contributed by atoms with Gasteiger partial charge in [0.2, 0.25) is 5.78 Å². The highest BCUT2D eigenvalue weighted by atomic mass is 16.5. The molecule has 0 bridgehead atoms. The van der Waals surface area contributed by atoms with E-state index in [1.54, 1.807) is 24.3 Å². The Balaban J connectivity index is 1.68. The smallest absolute Gasteiger partial charge is 0.290 e. The molecule has 2 N–H and O–H groups in total. The largest absolute Gasteiger partial charge is 0.503 e. The highest BCUT2D eigenvalue weighted by Crippen LogP contribution is 2.43. The Bertz CT molecular complexity index is 1030. The number of amides is 1. The van der Waals surface area contributed by atoms with Crippen molar-refractivity contribution >= 4 is 11.7 Å². The number of aliphatic hydroxyl groups is 1. The minimum atomic E-state index is -0.833. The topological polar surface area (TPSA) is 103 Å². The summed E-state index contributed by atoms with van der Waals surface area (Å²) in [5, 5.41) is 10.8. The maximum Gasteiger partial charge on any atom is 0.290 e. The third-order valence-corrected chi connectivity index (χ3v) is 6.15. The average molecular weight is 458 g/mol. The summed E-state index contributed by atoms with van der Waals surface area (Å²) < 4.78 is 21.6. The molecule has 4 rings (SSSR count). The molecule has 9 nitrogen and oxygen atoms in total. The Morgan fingerprint density at radius 1 is 1.21 bits per heavy atom. The van der Waals surface area contributed by atoms with Gasteiger partial charge in [0, 0.05) is 18.5 Å². The lowest BCUT2D eigenvalue weighted by Gasteiger charge is -2.29. The van der Waals surface area contributed by atoms with Gasteiger partial charge in [0.05, 0.1) is 51.9 Å². The van der Waals surface area contributed by atoms with E-state index in [4.69, 9.17) is 18.6 Å². The van der Waals surface area contributed by atoms with Gasteiger partial charge < -0.3 is 33.5 Å². The van der Waals surface area contributed by atoms with Crippen LogP contribution in [0.4, 0.5) is 0 Å². The standard InChI is InChI=1S/C24H28N2O7/c1-30-16-6-7-18(31-2)17(15-16)21-20(22(27)19-5-3-12-33-19)23(28)24(29)26(21)9-4-8-25-10-13-32-14-11-25/h3,5-7,12,15,21,28H,4,8-11,13-14H2,1-2H3/p+1/t21-/m0/s1. The normalized spacial score (nSPS) is 19.3. The molecule has 2 aliphatic heterocycles. The van der Waals surface area contributed by atoms with Crippen LogP contribution in [0, 0.1) is 0 Å². The van der Waals surface area contributed by atoms with Crippen LogP contribution in [-0.2, 0) is 9.53 Å². The quantitative estimate of drug-likeness (QED) is 0.545. The first-order valence-electron chi connectivity index (χ1n) is 11.0. The maximum atomic E-state index is 13.3. The van der Waals surface area contributed by atoms with Gasteiger partial charge in [-0.3, -0.25) is 9.59 Å². The van der Waals surface area contributed by atoms with E-state index >= 15 is 0 Å². The van der Waals surface area contributed by atoms with E-state index in [1.807, 2.05) is 0 Å². The summed E-state index contributed by atoms with van der Waals surface area (Å²) in [6.45, 7) is 4.53. The van der Waals surface area contributed by atoms with Gasteiger partial charge in [-0.2, -0.15) is 0 Å². The molecule has 0 aliphatic carbocycles. The molecule has 176 valence electrons. The fraction of sp³-hybridized carbons (Fsp3) is 0.417. The number of nitrogens with zero attached hydrogens (tertiary/aromatic N) is 1. The highest BCUT2D eigenvalue weighted by molar-refractivity contribution is 6.15. The van der Waals surface area contributed by atoms with Crippen molar-refractivity contribution in [3.8, 4) is 11.5 Å². The number of aliphatic hydroxyl groups excluding tert-OH is 1. The number of nitrogens with one attached hydrogen (secondary N) is 1. The van der Waals surface area contributed by atoms with Crippen LogP contribution in [0.25, 0.3) is 0 Å². The van der Waals surface area contributed by atoms with Crippen molar-refractivity contribution in [3.05, 3.63) is 59.3 Å². The van der Waals surface area contributed by atoms with Crippen LogP contribution >= 0.6 is 0 Å². The monoisotopic (exact) mass is 457 g/mol. The predicted octanol–water partition coefficient (Wildman–Crippen LogP) is 1.18. The van der Waals surface area contributed by atoms with Gasteiger partial charge in [0.25, 0.3) is 5.91 Å². The van der Waals surface area contributed by atoms with Crippen molar-refractivity contribution in [3.63, 3.8) is 0 Å². The lowest BCUT2D eigenvalue weighted by atomic mass is 9.94. The number of Topliss-reactive ketones (excluding diaryl/α,β-unsaturated/α-hetero) is 1. The Labute approximate surface area is 192 Å². The second-order valence-corrected chi connectivity index (χ2v) is 8.04. The third-order valence-electron chi connectivity index (χ3n) is 6.15. The van der Waals surface area contributed by atoms with Crippen molar-refractivity contribution in [1.29, 1.82) is 0 Å². The number of hydrogen-bond acceptors (Lipinski definition) is 7. The lowest BCUT2D eigenvalue weighted by molar-refractivity contribution is -0.908. The zero-order valence-corrected chi connectivity index (χ0v) is 18.8. The first-order valence-corrected chi connectivity index (χ1v) is 11.0. The molecule has 1 fully saturated rings. The van der Waals surface area contributed by atoms with Crippen molar-refractivity contribution < 1.29 is 38.2 Å². The second kappa shape index (κ2) is 10.1. The molecule has 1 aromatic heterocycles. The summed E-state index contributed by atoms with van der Waals surface area (Å²) in [5.41, 5.74) is 0.531. The van der Waals surface area contributed by atoms with Crippen LogP contribution in [0.1, 0.15) is 28.6 Å². The van der Waals surface area contributed by atoms with Gasteiger partial charge in [-0.15, -0.1) is 0 Å². The minimum Gasteiger partial charge on any atom is -0.503 e. The first-order chi connectivity index (χ1) is 16.0. The number of carbonyl (C=O) groups is 2. The fourth-order valence-corrected chi connectivity index (χ4v) is 4.44. The molecular formula is C24H29N2O7+. The lowest BCUT2D eigenvalue weighted by Crippen LogP contribution is -3.14. The number of rotatable bonds is 9. The summed E-state index contributed by atoms with van der Waals surface area (Å²) in [7, 11) is 3.06. The average Bonchev–Trinajstić information content (AvgIpc) is 3.47. The van der Waals surface area contributed by atoms with Crippen LogP contribution in [0.3, 0.4) is 0 Å². The van der Waals surface area contributed by atoms with Crippen LogP contribution < -0.4 is 14.4 Å². The Hall–Kier alpha value is -3.30. The Kier molecular flexibility index (Phi) is 7.00. The van der Waals surface area contributed by atoms with Crippen molar-refractivity contribution in [2.45, 2.75) is 12.5 Å². The molecule has 2 aliphatic rings. The number of furan rings is 1. The first kappa shape index (κ1) is 22.9. The second-order valence-electron chi connectivity index (χ2n) is 8.04. The van der Waals surface area contributed by atoms with Gasteiger partial charge in [-0.05, 0) is 30.3 Å². The molecule has 0 radical (unpaired) electrons. The number of carbonyl (C=O) groups excluding carboxylic acids is 2. The fourth-order valence-electron chi connectivity index (χ4n) is 4.44. The number of ketones is 1. The van der Waals surface area contributed by atoms with Crippen LogP contribution in [-0.4, -0.2) is 75.3 Å². The minimum absolute atomic E-state index is 0.0276. The Morgan fingerprint density at radius 2 is 2.00 bits per heavy atom. The SMILES string of the molecule is COc1ccc(OC)c([C@H]2C(C(=O)c3ccco3)=C(O)C(=O)N2CCC[NH+]2CCOCC2)c1. The van der Waals surface area contributed by atoms with E-state index in [1.165, 1.54) is 36.3 Å². The molecule has 0 unspecified atom stereocenters. The van der Waals surface area contributed by atoms with Crippen molar-refractivity contribution in [2.24, 2.45) is 0 Å². The van der Waals surface area contributed by atoms with Gasteiger partial charge >= 0.3 is 0 Å². The Morgan fingerprint density at radius 3 is 2.67 bits per heavy atom. The summed E-state index contributed by atoms with van der Waals surface area (Å²) in [4.78, 5) is 29.4. The molecule has 3 heterocycles. The third kappa shape index (κ3) is 4.60. The molecule has 1 atom stereocenters. The molecule has 0 spiro atoms. The van der Waals surface area contributed by atoms with Gasteiger partial charge in [0.1, 0.15) is 24.6 Å². The van der Waals surface area contributed by atoms with Gasteiger partial charge in [-0.25, -0.2) is 0 Å². The molecule has 1 aromatic carbocycles. The highest BCUT2D eigenvalue weighted by Gasteiger charge is 2.45. The molecular weight excluding hydrogens is 428 g/mol. The predicted molar refractivity (Wildman–Crippen MR) is 118 cm³/mol. The molecule has 1 saturated heterocycles. The molecule has 0 saturated carbocycles. The van der Waals surface area contributed by atoms with Crippen molar-refractivity contribution in [1.82, 2.24) is 4.90 Å². The number of methoxy groups -OCH3 is 2. The van der Waals surface area contributed by atoms with Crippen molar-refractivity contribution in [2.75, 3.05) is 53.6 Å². The number of benzene rings is 1. The number of ether oxygens (including phenoxy) is 3. The van der Waals surface area contributed by atoms with E-state index < -0.39 is 23.5 Å². The zero-order valence-electron chi connectivity index (χ0n) is 18.8. The summed E-state index contributed by atoms with van der Waals surface area (Å²) >= 11 is 0. The van der Waals surface area contributed by atoms with E-state index in [0.717, 1.165) is 32.8 Å². The van der Waals surface area contributed by atoms with E-state index in [2.05, 4.69) is 0 Å². The maximum absolute atomic E-state index is 13.3. The summed E-state index contributed by atoms with van der Waals surface area (Å²) in [6, 6.07) is 7.45. The van der Waals surface area contributed by atoms with Crippen LogP contribution in [0.15, 0.2) is 52.3 Å². The summed E-state index contributed by atoms with van der Waals surface area (Å²) in [6.07, 6.45) is 2.09. The van der Waals surface area contributed by atoms with E-state index in [0.29, 0.717) is 30.0 Å². The number of morpholine rings is 1. The van der Waals surface area contributed by atoms with E-state index in [-0.39, 0.29) is 11.3 Å². The van der Waals surface area contributed by atoms with E-state index in [9.17, 15) is 14.7 Å². The van der Waals surface area contributed by atoms with Crippen LogP contribution in [0.5, 0.6) is 11.5 Å². The zero-order chi connectivity index (χ0) is 23.4. The summed E-state index contributed by atoms with van der Waals surface area (Å²) in [5.74, 6) is -0.608. The van der Waals surface area contributed by atoms with Crippen LogP contribution in [0.2, 0.25) is 0 Å². The molecule has 33 heavy (non-hydrogen) atoms. The van der Waals surface area contributed by atoms with Gasteiger partial charge in [-0.1, -0.05) is 0 Å². The molecule has 9 heteroatoms. The van der Waals surface area contributed by atoms with Gasteiger partial charge in [0.15, 0.2) is 11.5 Å². The number of quaternary nitrogens is 1. The molecule has 1 amide bonds.